The van der Waals surface area contributed by atoms with E-state index in [1.54, 1.807) is 0 Å². The molecule has 46 valence electrons. The van der Waals surface area contributed by atoms with Crippen molar-refractivity contribution >= 4 is 65.0 Å². The van der Waals surface area contributed by atoms with Gasteiger partial charge in [-0.15, -0.1) is 0 Å². The van der Waals surface area contributed by atoms with E-state index in [1.165, 1.54) is 4.43 Å². The maximum absolute atomic E-state index is 2.56. The van der Waals surface area contributed by atoms with Gasteiger partial charge in [0.2, 0.25) is 0 Å². The standard InChI is InChI=1S/C4H9I3/c1-7(2)4(6)3-5/h4H,3H2,1-2H3. The fraction of sp³-hybridized carbons (Fsp3) is 1.00. The zero-order valence-electron chi connectivity index (χ0n) is 4.42. The normalized spacial score (nSPS) is 16.3. The predicted octanol–water partition coefficient (Wildman–Crippen LogP) is 2.95. The van der Waals surface area contributed by atoms with Crippen LogP contribution in [0.2, 0.25) is 0 Å². The summed E-state index contributed by atoms with van der Waals surface area (Å²) in [5, 5.41) is 0. The van der Waals surface area contributed by atoms with Crippen LogP contribution < -0.4 is 0 Å². The van der Waals surface area contributed by atoms with Crippen molar-refractivity contribution in [3.05, 3.63) is 0 Å². The molecule has 1 atom stereocenters. The second-order valence-corrected chi connectivity index (χ2v) is 12.3. The third-order valence-electron chi connectivity index (χ3n) is 0.590. The van der Waals surface area contributed by atoms with Gasteiger partial charge in [0.1, 0.15) is 0 Å². The molecule has 0 nitrogen and oxygen atoms in total. The summed E-state index contributed by atoms with van der Waals surface area (Å²) in [6.45, 7) is 0. The first kappa shape index (κ1) is 9.19. The van der Waals surface area contributed by atoms with Crippen LogP contribution in [-0.2, 0) is 0 Å². The maximum atomic E-state index is 2.56. The van der Waals surface area contributed by atoms with Gasteiger partial charge in [0.05, 0.1) is 0 Å². The van der Waals surface area contributed by atoms with E-state index in [-0.39, 0.29) is 0 Å². The van der Waals surface area contributed by atoms with Crippen molar-refractivity contribution in [2.45, 2.75) is 1.93 Å². The Hall–Kier alpha value is 2.19. The minimum absolute atomic E-state index is 0.430. The zero-order valence-corrected chi connectivity index (χ0v) is 10.9. The van der Waals surface area contributed by atoms with Gasteiger partial charge >= 0.3 is 81.2 Å². The van der Waals surface area contributed by atoms with Crippen LogP contribution in [0.15, 0.2) is 0 Å². The zero-order chi connectivity index (χ0) is 5.86. The average Bonchev–Trinajstić information content (AvgIpc) is 1.65. The van der Waals surface area contributed by atoms with Gasteiger partial charge in [-0.2, -0.15) is 0 Å². The Balaban J connectivity index is 3.14. The van der Waals surface area contributed by atoms with E-state index in [2.05, 4.69) is 55.0 Å². The molecule has 0 saturated heterocycles. The van der Waals surface area contributed by atoms with Gasteiger partial charge in [0, 0.05) is 0 Å². The first-order valence-corrected chi connectivity index (χ1v) is 10.2. The van der Waals surface area contributed by atoms with Crippen molar-refractivity contribution < 1.29 is 0 Å². The Kier molecular flexibility index (Phi) is 6.58. The molecule has 0 radical (unpaired) electrons. The summed E-state index contributed by atoms with van der Waals surface area (Å²) < 4.78 is 2.36. The van der Waals surface area contributed by atoms with Gasteiger partial charge in [-0.1, -0.05) is 0 Å². The number of halogens is 3. The molecule has 7 heavy (non-hydrogen) atoms. The minimum atomic E-state index is -0.430. The van der Waals surface area contributed by atoms with Crippen LogP contribution in [0.5, 0.6) is 0 Å². The second-order valence-electron chi connectivity index (χ2n) is 1.36. The van der Waals surface area contributed by atoms with Gasteiger partial charge in [0.15, 0.2) is 0 Å². The van der Waals surface area contributed by atoms with Crippen molar-refractivity contribution in [1.82, 2.24) is 0 Å². The molecule has 0 N–H and O–H groups in total. The summed E-state index contributed by atoms with van der Waals surface area (Å²) >= 11 is 4.59. The fourth-order valence-electron chi connectivity index (χ4n) is 0.117. The van der Waals surface area contributed by atoms with Crippen LogP contribution >= 0.6 is 65.0 Å². The van der Waals surface area contributed by atoms with Crippen LogP contribution in [-0.4, -0.2) is 16.2 Å². The van der Waals surface area contributed by atoms with E-state index in [1.807, 2.05) is 0 Å². The summed E-state index contributed by atoms with van der Waals surface area (Å²) in [5.41, 5.74) is 0. The molecule has 0 amide bonds. The quantitative estimate of drug-likeness (QED) is 0.460. The Labute approximate surface area is 79.9 Å². The van der Waals surface area contributed by atoms with Gasteiger partial charge < -0.3 is 0 Å². The van der Waals surface area contributed by atoms with Crippen molar-refractivity contribution in [3.8, 4) is 0 Å². The van der Waals surface area contributed by atoms with Gasteiger partial charge in [0.25, 0.3) is 0 Å². The topological polar surface area (TPSA) is 0 Å². The molecule has 0 heterocycles. The van der Waals surface area contributed by atoms with Crippen LogP contribution in [0.3, 0.4) is 0 Å². The summed E-state index contributed by atoms with van der Waals surface area (Å²) in [5.74, 6) is 0. The molecule has 0 aliphatic rings. The Morgan fingerprint density at radius 1 is 1.57 bits per heavy atom. The molecule has 0 aromatic carbocycles. The summed E-state index contributed by atoms with van der Waals surface area (Å²) in [7, 11) is 0. The molecule has 0 rings (SSSR count). The van der Waals surface area contributed by atoms with Gasteiger partial charge in [-0.05, 0) is 0 Å². The monoisotopic (exact) mass is 438 g/mol. The summed E-state index contributed by atoms with van der Waals surface area (Å²) in [6.07, 6.45) is 0. The molecular weight excluding hydrogens is 429 g/mol. The molecule has 0 spiro atoms. The van der Waals surface area contributed by atoms with E-state index < -0.39 is 19.8 Å². The van der Waals surface area contributed by atoms with Crippen molar-refractivity contribution in [2.24, 2.45) is 0 Å². The SMILES string of the molecule is CI(C)C(I)CI. The first-order chi connectivity index (χ1) is 3.18. The van der Waals surface area contributed by atoms with Gasteiger partial charge in [-0.3, -0.25) is 0 Å². The number of hydrogen-bond acceptors (Lipinski definition) is 0. The molecule has 0 aliphatic carbocycles. The van der Waals surface area contributed by atoms with Crippen LogP contribution in [0.25, 0.3) is 0 Å². The number of rotatable bonds is 2. The van der Waals surface area contributed by atoms with Crippen molar-refractivity contribution in [1.29, 1.82) is 0 Å². The van der Waals surface area contributed by atoms with E-state index >= 15 is 0 Å². The molecule has 0 bridgehead atoms. The Bertz CT molecular complexity index is 44.2. The molecule has 0 saturated carbocycles. The molecule has 0 fully saturated rings. The molecule has 1 unspecified atom stereocenters. The van der Waals surface area contributed by atoms with E-state index in [9.17, 15) is 0 Å². The summed E-state index contributed by atoms with van der Waals surface area (Å²) in [6, 6.07) is 0. The van der Waals surface area contributed by atoms with E-state index in [4.69, 9.17) is 0 Å². The Morgan fingerprint density at radius 2 is 2.00 bits per heavy atom. The third kappa shape index (κ3) is 4.68. The second kappa shape index (κ2) is 5.01. The number of hydrogen-bond donors (Lipinski definition) is 0. The summed E-state index contributed by atoms with van der Waals surface area (Å²) in [4.78, 5) is 4.83. The van der Waals surface area contributed by atoms with Crippen LogP contribution in [0.4, 0.5) is 0 Å². The van der Waals surface area contributed by atoms with Crippen LogP contribution in [0.1, 0.15) is 0 Å². The predicted molar refractivity (Wildman–Crippen MR) is 62.6 cm³/mol. The van der Waals surface area contributed by atoms with Gasteiger partial charge in [-0.25, -0.2) is 0 Å². The van der Waals surface area contributed by atoms with Crippen LogP contribution in [0, 0.1) is 0 Å². The van der Waals surface area contributed by atoms with E-state index in [0.29, 0.717) is 0 Å². The molecule has 0 aromatic heterocycles. The number of alkyl halides is 5. The molecule has 3 heteroatoms. The van der Waals surface area contributed by atoms with Crippen molar-refractivity contribution in [3.63, 3.8) is 0 Å². The fourth-order valence-corrected chi connectivity index (χ4v) is 5.25. The first-order valence-electron chi connectivity index (χ1n) is 1.87. The molecule has 0 aromatic rings. The molecule has 0 aliphatic heterocycles. The van der Waals surface area contributed by atoms with Crippen molar-refractivity contribution in [2.75, 3.05) is 14.3 Å². The third-order valence-corrected chi connectivity index (χ3v) is 14.7. The molecular formula is C4H9I3. The Morgan fingerprint density at radius 3 is 2.00 bits per heavy atom. The van der Waals surface area contributed by atoms with E-state index in [0.717, 1.165) is 1.93 Å². The average molecular weight is 438 g/mol.